The number of nitrogens with one attached hydrogen (secondary N) is 2. The highest BCUT2D eigenvalue weighted by molar-refractivity contribution is 9.10. The van der Waals surface area contributed by atoms with Crippen molar-refractivity contribution in [2.24, 2.45) is 0 Å². The fourth-order valence-electron chi connectivity index (χ4n) is 1.57. The van der Waals surface area contributed by atoms with Crippen molar-refractivity contribution in [3.8, 4) is 0 Å². The molecule has 0 spiro atoms. The Kier molecular flexibility index (Phi) is 4.39. The second-order valence-corrected chi connectivity index (χ2v) is 5.07. The van der Waals surface area contributed by atoms with Gasteiger partial charge >= 0.3 is 0 Å². The third kappa shape index (κ3) is 3.24. The fraction of sp³-hybridized carbons (Fsp3) is 0.0769. The number of nitrogens with zero attached hydrogens (tertiary/aromatic N) is 1. The molecular formula is C13H11BrClN3O. The van der Waals surface area contributed by atoms with Crippen molar-refractivity contribution in [2.75, 3.05) is 17.7 Å². The van der Waals surface area contributed by atoms with Crippen molar-refractivity contribution in [1.82, 2.24) is 4.98 Å². The second kappa shape index (κ2) is 6.04. The summed E-state index contributed by atoms with van der Waals surface area (Å²) in [6.07, 6.45) is 3.16. The van der Waals surface area contributed by atoms with Gasteiger partial charge in [0.05, 0.1) is 28.2 Å². The zero-order chi connectivity index (χ0) is 13.8. The first-order chi connectivity index (χ1) is 9.11. The molecule has 19 heavy (non-hydrogen) atoms. The van der Waals surface area contributed by atoms with Crippen LogP contribution in [-0.2, 0) is 0 Å². The van der Waals surface area contributed by atoms with Crippen LogP contribution in [0.1, 0.15) is 10.4 Å². The molecule has 0 aliphatic carbocycles. The van der Waals surface area contributed by atoms with E-state index < -0.39 is 0 Å². The largest absolute Gasteiger partial charge is 0.386 e. The van der Waals surface area contributed by atoms with Crippen molar-refractivity contribution < 1.29 is 4.79 Å². The number of halogens is 2. The van der Waals surface area contributed by atoms with Crippen LogP contribution in [0, 0.1) is 0 Å². The van der Waals surface area contributed by atoms with Gasteiger partial charge in [0.2, 0.25) is 0 Å². The van der Waals surface area contributed by atoms with Crippen LogP contribution in [0.3, 0.4) is 0 Å². The minimum atomic E-state index is -0.240. The molecule has 0 radical (unpaired) electrons. The molecule has 0 saturated heterocycles. The lowest BCUT2D eigenvalue weighted by Crippen LogP contribution is -2.14. The summed E-state index contributed by atoms with van der Waals surface area (Å²) in [7, 11) is 1.74. The number of carbonyl (C=O) groups is 1. The van der Waals surface area contributed by atoms with Crippen molar-refractivity contribution in [3.05, 3.63) is 51.7 Å². The lowest BCUT2D eigenvalue weighted by Gasteiger charge is -2.10. The number of anilines is 2. The van der Waals surface area contributed by atoms with Gasteiger partial charge in [0.15, 0.2) is 0 Å². The maximum absolute atomic E-state index is 12.2. The van der Waals surface area contributed by atoms with E-state index in [-0.39, 0.29) is 5.91 Å². The van der Waals surface area contributed by atoms with Crippen LogP contribution in [0.15, 0.2) is 41.1 Å². The number of benzene rings is 1. The Morgan fingerprint density at radius 1 is 1.32 bits per heavy atom. The summed E-state index contributed by atoms with van der Waals surface area (Å²) in [5.74, 6) is -0.240. The first-order valence-corrected chi connectivity index (χ1v) is 6.67. The lowest BCUT2D eigenvalue weighted by molar-refractivity contribution is 0.102. The Hall–Kier alpha value is -1.59. The highest BCUT2D eigenvalue weighted by atomic mass is 79.9. The number of aromatic nitrogens is 1. The zero-order valence-electron chi connectivity index (χ0n) is 10.1. The van der Waals surface area contributed by atoms with E-state index in [9.17, 15) is 4.79 Å². The van der Waals surface area contributed by atoms with Gasteiger partial charge in [0.1, 0.15) is 0 Å². The Labute approximate surface area is 124 Å². The number of hydrogen-bond acceptors (Lipinski definition) is 3. The summed E-state index contributed by atoms with van der Waals surface area (Å²) >= 11 is 9.38. The van der Waals surface area contributed by atoms with E-state index in [1.807, 2.05) is 6.07 Å². The van der Waals surface area contributed by atoms with Crippen LogP contribution in [0.4, 0.5) is 11.4 Å². The number of hydrogen-bond donors (Lipinski definition) is 2. The van der Waals surface area contributed by atoms with Crippen LogP contribution in [-0.4, -0.2) is 17.9 Å². The molecule has 4 nitrogen and oxygen atoms in total. The van der Waals surface area contributed by atoms with Crippen molar-refractivity contribution in [2.45, 2.75) is 0 Å². The van der Waals surface area contributed by atoms with Gasteiger partial charge in [-0.2, -0.15) is 0 Å². The van der Waals surface area contributed by atoms with E-state index in [2.05, 4.69) is 31.5 Å². The number of carbonyl (C=O) groups excluding carboxylic acids is 1. The van der Waals surface area contributed by atoms with Crippen LogP contribution in [0.2, 0.25) is 5.02 Å². The standard InChI is InChI=1S/C13H11BrClN3O/c1-16-12-7-17-5-4-9(12)13(19)18-11-3-2-8(14)6-10(11)15/h2-7,16H,1H3,(H,18,19). The molecule has 2 aromatic rings. The Balaban J connectivity index is 2.26. The van der Waals surface area contributed by atoms with Crippen LogP contribution < -0.4 is 10.6 Å². The minimum Gasteiger partial charge on any atom is -0.386 e. The highest BCUT2D eigenvalue weighted by Crippen LogP contribution is 2.26. The lowest BCUT2D eigenvalue weighted by atomic mass is 10.2. The van der Waals surface area contributed by atoms with E-state index in [4.69, 9.17) is 11.6 Å². The summed E-state index contributed by atoms with van der Waals surface area (Å²) in [5, 5.41) is 6.17. The van der Waals surface area contributed by atoms with Gasteiger partial charge in [-0.15, -0.1) is 0 Å². The second-order valence-electron chi connectivity index (χ2n) is 3.75. The van der Waals surface area contributed by atoms with E-state index in [1.165, 1.54) is 0 Å². The average molecular weight is 341 g/mol. The maximum atomic E-state index is 12.2. The SMILES string of the molecule is CNc1cnccc1C(=O)Nc1ccc(Br)cc1Cl. The predicted molar refractivity (Wildman–Crippen MR) is 80.9 cm³/mol. The third-order valence-corrected chi connectivity index (χ3v) is 3.32. The van der Waals surface area contributed by atoms with E-state index in [0.717, 1.165) is 4.47 Å². The molecule has 0 aliphatic heterocycles. The average Bonchev–Trinajstić information content (AvgIpc) is 2.41. The molecule has 1 heterocycles. The monoisotopic (exact) mass is 339 g/mol. The van der Waals surface area contributed by atoms with Gasteiger partial charge in [-0.3, -0.25) is 9.78 Å². The van der Waals surface area contributed by atoms with Gasteiger partial charge in [0.25, 0.3) is 5.91 Å². The van der Waals surface area contributed by atoms with E-state index in [1.54, 1.807) is 37.6 Å². The zero-order valence-corrected chi connectivity index (χ0v) is 12.4. The highest BCUT2D eigenvalue weighted by Gasteiger charge is 2.12. The molecule has 0 aliphatic rings. The van der Waals surface area contributed by atoms with E-state index in [0.29, 0.717) is 22.0 Å². The van der Waals surface area contributed by atoms with Gasteiger partial charge in [-0.05, 0) is 24.3 Å². The Morgan fingerprint density at radius 3 is 2.79 bits per heavy atom. The number of amides is 1. The first kappa shape index (κ1) is 13.8. The molecule has 2 rings (SSSR count). The van der Waals surface area contributed by atoms with Gasteiger partial charge < -0.3 is 10.6 Å². The van der Waals surface area contributed by atoms with Crippen LogP contribution in [0.25, 0.3) is 0 Å². The minimum absolute atomic E-state index is 0.240. The molecule has 0 bridgehead atoms. The third-order valence-electron chi connectivity index (χ3n) is 2.51. The molecule has 0 unspecified atom stereocenters. The van der Waals surface area contributed by atoms with Crippen LogP contribution in [0.5, 0.6) is 0 Å². The smallest absolute Gasteiger partial charge is 0.257 e. The number of rotatable bonds is 3. The Bertz CT molecular complexity index is 619. The summed E-state index contributed by atoms with van der Waals surface area (Å²) < 4.78 is 0.857. The van der Waals surface area contributed by atoms with Crippen molar-refractivity contribution in [1.29, 1.82) is 0 Å². The molecule has 1 aromatic heterocycles. The fourth-order valence-corrected chi connectivity index (χ4v) is 2.29. The molecule has 0 saturated carbocycles. The summed E-state index contributed by atoms with van der Waals surface area (Å²) in [6.45, 7) is 0. The van der Waals surface area contributed by atoms with Gasteiger partial charge in [0, 0.05) is 17.7 Å². The molecule has 2 N–H and O–H groups in total. The van der Waals surface area contributed by atoms with Gasteiger partial charge in [-0.25, -0.2) is 0 Å². The molecule has 1 amide bonds. The first-order valence-electron chi connectivity index (χ1n) is 5.50. The maximum Gasteiger partial charge on any atom is 0.257 e. The normalized spacial score (nSPS) is 10.1. The molecule has 0 atom stereocenters. The van der Waals surface area contributed by atoms with E-state index >= 15 is 0 Å². The summed E-state index contributed by atoms with van der Waals surface area (Å²) in [4.78, 5) is 16.1. The predicted octanol–water partition coefficient (Wildman–Crippen LogP) is 3.79. The quantitative estimate of drug-likeness (QED) is 0.894. The molecule has 1 aromatic carbocycles. The Morgan fingerprint density at radius 2 is 2.11 bits per heavy atom. The molecular weight excluding hydrogens is 330 g/mol. The van der Waals surface area contributed by atoms with Crippen LogP contribution >= 0.6 is 27.5 Å². The van der Waals surface area contributed by atoms with Crippen molar-refractivity contribution in [3.63, 3.8) is 0 Å². The summed E-state index contributed by atoms with van der Waals surface area (Å²) in [6, 6.07) is 6.92. The number of pyridine rings is 1. The topological polar surface area (TPSA) is 54.0 Å². The van der Waals surface area contributed by atoms with Gasteiger partial charge in [-0.1, -0.05) is 27.5 Å². The van der Waals surface area contributed by atoms with Crippen molar-refractivity contribution >= 4 is 44.8 Å². The summed E-state index contributed by atoms with van der Waals surface area (Å²) in [5.41, 5.74) is 1.73. The molecule has 0 fully saturated rings. The molecule has 6 heteroatoms. The molecule has 98 valence electrons.